The van der Waals surface area contributed by atoms with Crippen LogP contribution in [-0.4, -0.2) is 7.11 Å². The molecule has 0 amide bonds. The molecule has 0 fully saturated rings. The van der Waals surface area contributed by atoms with Gasteiger partial charge >= 0.3 is 6.18 Å². The van der Waals surface area contributed by atoms with Crippen molar-refractivity contribution in [2.24, 2.45) is 0 Å². The van der Waals surface area contributed by atoms with Gasteiger partial charge in [0.25, 0.3) is 0 Å². The highest BCUT2D eigenvalue weighted by Gasteiger charge is 2.30. The largest absolute Gasteiger partial charge is 0.500 e. The lowest BCUT2D eigenvalue weighted by atomic mass is 10.1. The van der Waals surface area contributed by atoms with Crippen molar-refractivity contribution in [3.8, 4) is 6.07 Å². The van der Waals surface area contributed by atoms with Crippen LogP contribution in [0.2, 0.25) is 0 Å². The molecule has 6 heteroatoms. The summed E-state index contributed by atoms with van der Waals surface area (Å²) in [4.78, 5) is 0. The number of hydrogen-bond acceptors (Lipinski definition) is 3. The highest BCUT2D eigenvalue weighted by Crippen LogP contribution is 2.30. The minimum atomic E-state index is -4.44. The van der Waals surface area contributed by atoms with Crippen molar-refractivity contribution < 1.29 is 22.3 Å². The third kappa shape index (κ3) is 2.40. The zero-order valence-corrected chi connectivity index (χ0v) is 9.78. The summed E-state index contributed by atoms with van der Waals surface area (Å²) < 4.78 is 48.1. The lowest BCUT2D eigenvalue weighted by molar-refractivity contribution is -0.137. The number of halogens is 3. The number of nitrogens with zero attached hydrogens (tertiary/aromatic N) is 1. The fraction of sp³-hybridized carbons (Fsp3) is 0.154. The molecule has 3 nitrogen and oxygen atoms in total. The second-order valence-corrected chi connectivity index (χ2v) is 3.72. The Labute approximate surface area is 105 Å². The Balaban J connectivity index is 2.87. The van der Waals surface area contributed by atoms with Gasteiger partial charge in [0.15, 0.2) is 5.42 Å². The van der Waals surface area contributed by atoms with Crippen LogP contribution in [0.15, 0.2) is 22.6 Å². The van der Waals surface area contributed by atoms with Crippen LogP contribution >= 0.6 is 0 Å². The maximum absolute atomic E-state index is 12.6. The van der Waals surface area contributed by atoms with E-state index >= 15 is 0 Å². The maximum Gasteiger partial charge on any atom is 0.416 e. The lowest BCUT2D eigenvalue weighted by Gasteiger charge is -2.05. The minimum absolute atomic E-state index is 0.207. The van der Waals surface area contributed by atoms with Crippen LogP contribution in [0, 0.1) is 11.3 Å². The highest BCUT2D eigenvalue weighted by molar-refractivity contribution is 5.80. The van der Waals surface area contributed by atoms with E-state index in [9.17, 15) is 13.2 Å². The molecule has 2 rings (SSSR count). The van der Waals surface area contributed by atoms with E-state index in [-0.39, 0.29) is 21.6 Å². The van der Waals surface area contributed by atoms with Crippen LogP contribution in [0.5, 0.6) is 0 Å². The number of ether oxygens (including phenoxy) is 1. The van der Waals surface area contributed by atoms with Gasteiger partial charge in [-0.2, -0.15) is 18.4 Å². The monoisotopic (exact) mass is 267 g/mol. The average molecular weight is 267 g/mol. The number of nitriles is 1. The van der Waals surface area contributed by atoms with Crippen LogP contribution < -0.4 is 10.6 Å². The first-order valence-electron chi connectivity index (χ1n) is 5.20. The van der Waals surface area contributed by atoms with Crippen LogP contribution in [0.4, 0.5) is 13.2 Å². The first-order chi connectivity index (χ1) is 8.97. The molecule has 0 saturated carbocycles. The molecular formula is C13H8F3NO2. The van der Waals surface area contributed by atoms with Crippen molar-refractivity contribution in [3.05, 3.63) is 34.4 Å². The molecular weight excluding hydrogens is 259 g/mol. The van der Waals surface area contributed by atoms with Crippen LogP contribution in [0.25, 0.3) is 23.3 Å². The Morgan fingerprint density at radius 3 is 2.68 bits per heavy atom. The van der Waals surface area contributed by atoms with Gasteiger partial charge in [0.1, 0.15) is 11.8 Å². The zero-order valence-electron chi connectivity index (χ0n) is 9.78. The van der Waals surface area contributed by atoms with Gasteiger partial charge in [0, 0.05) is 16.7 Å². The lowest BCUT2D eigenvalue weighted by Crippen LogP contribution is -2.20. The van der Waals surface area contributed by atoms with E-state index in [0.717, 1.165) is 18.2 Å². The summed E-state index contributed by atoms with van der Waals surface area (Å²) in [6.45, 7) is 0. The van der Waals surface area contributed by atoms with E-state index in [1.54, 1.807) is 6.07 Å². The van der Waals surface area contributed by atoms with Crippen molar-refractivity contribution in [2.75, 3.05) is 7.11 Å². The third-order valence-corrected chi connectivity index (χ3v) is 2.52. The van der Waals surface area contributed by atoms with Crippen molar-refractivity contribution in [1.29, 1.82) is 5.26 Å². The van der Waals surface area contributed by atoms with Crippen molar-refractivity contribution in [2.45, 2.75) is 6.18 Å². The van der Waals surface area contributed by atoms with Crippen molar-refractivity contribution >= 4 is 23.3 Å². The molecule has 1 aromatic carbocycles. The number of alkyl halides is 3. The number of furan rings is 1. The number of rotatable bonds is 1. The minimum Gasteiger partial charge on any atom is -0.500 e. The Bertz CT molecular complexity index is 766. The van der Waals surface area contributed by atoms with Gasteiger partial charge in [0.05, 0.1) is 18.7 Å². The standard InChI is InChI=1S/C13H8F3NO2/c1-18-7-12-9(4-5-17)10-6-8(13(14,15)16)2-3-11(10)19-12/h2-4,6-7H,1H3/b9-4+,12-7-. The SMILES string of the molecule is CO/C=c1\oc2ccc(C(F)(F)F)cc2\c1=C/C#N. The predicted molar refractivity (Wildman–Crippen MR) is 62.0 cm³/mol. The van der Waals surface area contributed by atoms with Crippen LogP contribution in [0.3, 0.4) is 0 Å². The smallest absolute Gasteiger partial charge is 0.416 e. The molecule has 0 aliphatic carbocycles. The molecule has 0 saturated heterocycles. The predicted octanol–water partition coefficient (Wildman–Crippen LogP) is 2.14. The van der Waals surface area contributed by atoms with Crippen LogP contribution in [-0.2, 0) is 10.9 Å². The highest BCUT2D eigenvalue weighted by atomic mass is 19.4. The van der Waals surface area contributed by atoms with Gasteiger partial charge in [0.2, 0.25) is 0 Å². The van der Waals surface area contributed by atoms with E-state index in [2.05, 4.69) is 0 Å². The van der Waals surface area contributed by atoms with E-state index in [0.29, 0.717) is 0 Å². The fourth-order valence-corrected chi connectivity index (χ4v) is 1.72. The molecule has 0 aliphatic rings. The molecule has 1 heterocycles. The quantitative estimate of drug-likeness (QED) is 0.795. The first-order valence-corrected chi connectivity index (χ1v) is 5.20. The summed E-state index contributed by atoms with van der Waals surface area (Å²) in [6.07, 6.45) is -2.09. The maximum atomic E-state index is 12.6. The summed E-state index contributed by atoms with van der Waals surface area (Å²) in [5, 5.41) is 9.19. The normalized spacial score (nSPS) is 13.8. The molecule has 2 aromatic rings. The summed E-state index contributed by atoms with van der Waals surface area (Å²) >= 11 is 0. The summed E-state index contributed by atoms with van der Waals surface area (Å²) in [5.41, 5.74) is -0.325. The van der Waals surface area contributed by atoms with Gasteiger partial charge in [-0.1, -0.05) is 0 Å². The van der Waals surface area contributed by atoms with Gasteiger partial charge in [-0.25, -0.2) is 0 Å². The molecule has 0 spiro atoms. The number of fused-ring (bicyclic) bond motifs is 1. The molecule has 0 aliphatic heterocycles. The summed E-state index contributed by atoms with van der Waals surface area (Å²) in [5.74, 6) is 0. The number of benzene rings is 1. The van der Waals surface area contributed by atoms with Gasteiger partial charge in [-0.15, -0.1) is 0 Å². The van der Waals surface area contributed by atoms with Gasteiger partial charge in [-0.3, -0.25) is 0 Å². The third-order valence-electron chi connectivity index (χ3n) is 2.52. The second-order valence-electron chi connectivity index (χ2n) is 3.72. The van der Waals surface area contributed by atoms with E-state index in [1.807, 2.05) is 0 Å². The Morgan fingerprint density at radius 1 is 1.37 bits per heavy atom. The zero-order chi connectivity index (χ0) is 14.0. The summed E-state index contributed by atoms with van der Waals surface area (Å²) in [7, 11) is 1.38. The Morgan fingerprint density at radius 2 is 2.11 bits per heavy atom. The molecule has 0 N–H and O–H groups in total. The van der Waals surface area contributed by atoms with E-state index < -0.39 is 11.7 Å². The van der Waals surface area contributed by atoms with E-state index in [4.69, 9.17) is 14.4 Å². The number of hydrogen-bond donors (Lipinski definition) is 0. The van der Waals surface area contributed by atoms with Gasteiger partial charge in [-0.05, 0) is 18.2 Å². The molecule has 0 bridgehead atoms. The van der Waals surface area contributed by atoms with Crippen molar-refractivity contribution in [1.82, 2.24) is 0 Å². The first kappa shape index (κ1) is 13.0. The molecule has 0 atom stereocenters. The molecule has 1 aromatic heterocycles. The Kier molecular flexibility index (Phi) is 3.21. The molecule has 19 heavy (non-hydrogen) atoms. The van der Waals surface area contributed by atoms with Crippen LogP contribution in [0.1, 0.15) is 5.56 Å². The molecule has 0 unspecified atom stereocenters. The van der Waals surface area contributed by atoms with Gasteiger partial charge < -0.3 is 9.15 Å². The molecule has 0 radical (unpaired) electrons. The number of methoxy groups -OCH3 is 1. The average Bonchev–Trinajstić information content (AvgIpc) is 2.67. The molecule has 98 valence electrons. The Hall–Kier alpha value is -2.42. The van der Waals surface area contributed by atoms with E-state index in [1.165, 1.54) is 19.4 Å². The second kappa shape index (κ2) is 4.69. The topological polar surface area (TPSA) is 46.2 Å². The van der Waals surface area contributed by atoms with Crippen molar-refractivity contribution in [3.63, 3.8) is 0 Å². The summed E-state index contributed by atoms with van der Waals surface area (Å²) in [6, 6.07) is 4.88. The fourth-order valence-electron chi connectivity index (χ4n) is 1.72.